The standard InChI is InChI=1S/C19H25F3N4O2/c1-24-7-9-25(10-8-24)17(27)12-16-18(28)23-5-6-26(16)13-14-3-2-4-15(11-14)19(20,21)22/h2-4,11,16H,5-10,12-13H2,1H3,(H,23,28)/t16-/m0/s1. The third-order valence-corrected chi connectivity index (χ3v) is 5.31. The second kappa shape index (κ2) is 8.48. The lowest BCUT2D eigenvalue weighted by atomic mass is 10.0. The van der Waals surface area contributed by atoms with Crippen molar-refractivity contribution in [3.8, 4) is 0 Å². The summed E-state index contributed by atoms with van der Waals surface area (Å²) in [5.74, 6) is -0.343. The molecule has 2 amide bonds. The second-order valence-corrected chi connectivity index (χ2v) is 7.36. The second-order valence-electron chi connectivity index (χ2n) is 7.36. The molecule has 0 saturated carbocycles. The van der Waals surface area contributed by atoms with Gasteiger partial charge in [-0.3, -0.25) is 14.5 Å². The van der Waals surface area contributed by atoms with Gasteiger partial charge in [0.1, 0.15) is 0 Å². The summed E-state index contributed by atoms with van der Waals surface area (Å²) in [7, 11) is 1.99. The topological polar surface area (TPSA) is 55.9 Å². The van der Waals surface area contributed by atoms with Gasteiger partial charge in [-0.15, -0.1) is 0 Å². The molecule has 2 heterocycles. The molecule has 3 rings (SSSR count). The van der Waals surface area contributed by atoms with Crippen molar-refractivity contribution >= 4 is 11.8 Å². The van der Waals surface area contributed by atoms with Gasteiger partial charge >= 0.3 is 6.18 Å². The number of carbonyl (C=O) groups excluding carboxylic acids is 2. The molecule has 0 unspecified atom stereocenters. The molecule has 1 aromatic rings. The van der Waals surface area contributed by atoms with Crippen LogP contribution in [0.2, 0.25) is 0 Å². The van der Waals surface area contributed by atoms with E-state index in [0.717, 1.165) is 25.2 Å². The minimum atomic E-state index is -4.41. The summed E-state index contributed by atoms with van der Waals surface area (Å²) in [5.41, 5.74) is -0.238. The molecule has 1 atom stereocenters. The number of carbonyl (C=O) groups is 2. The number of piperazine rings is 2. The highest BCUT2D eigenvalue weighted by Gasteiger charge is 2.34. The zero-order chi connectivity index (χ0) is 20.3. The van der Waals surface area contributed by atoms with E-state index in [0.29, 0.717) is 31.7 Å². The van der Waals surface area contributed by atoms with E-state index >= 15 is 0 Å². The number of benzene rings is 1. The highest BCUT2D eigenvalue weighted by Crippen LogP contribution is 2.30. The minimum absolute atomic E-state index is 0.0362. The first-order chi connectivity index (χ1) is 13.2. The first-order valence-electron chi connectivity index (χ1n) is 9.38. The summed E-state index contributed by atoms with van der Waals surface area (Å²) in [6, 6.07) is 4.44. The van der Waals surface area contributed by atoms with Gasteiger partial charge in [-0.05, 0) is 18.7 Å². The smallest absolute Gasteiger partial charge is 0.353 e. The first kappa shape index (κ1) is 20.6. The molecule has 0 spiro atoms. The van der Waals surface area contributed by atoms with Crippen LogP contribution >= 0.6 is 0 Å². The Morgan fingerprint density at radius 2 is 1.89 bits per heavy atom. The summed E-state index contributed by atoms with van der Waals surface area (Å²) in [4.78, 5) is 30.7. The Kier molecular flexibility index (Phi) is 6.24. The lowest BCUT2D eigenvalue weighted by Gasteiger charge is -2.37. The number of alkyl halides is 3. The van der Waals surface area contributed by atoms with Gasteiger partial charge in [0.2, 0.25) is 11.8 Å². The quantitative estimate of drug-likeness (QED) is 0.828. The van der Waals surface area contributed by atoms with E-state index in [9.17, 15) is 22.8 Å². The van der Waals surface area contributed by atoms with Crippen molar-refractivity contribution in [1.82, 2.24) is 20.0 Å². The summed E-state index contributed by atoms with van der Waals surface area (Å²) < 4.78 is 38.9. The van der Waals surface area contributed by atoms with Crippen LogP contribution in [0, 0.1) is 0 Å². The fourth-order valence-corrected chi connectivity index (χ4v) is 3.60. The number of likely N-dealkylation sites (N-methyl/N-ethyl adjacent to an activating group) is 1. The van der Waals surface area contributed by atoms with Gasteiger partial charge in [-0.25, -0.2) is 0 Å². The molecule has 1 aromatic carbocycles. The Hall–Kier alpha value is -2.13. The zero-order valence-corrected chi connectivity index (χ0v) is 15.8. The van der Waals surface area contributed by atoms with Gasteiger partial charge in [0, 0.05) is 45.8 Å². The third-order valence-electron chi connectivity index (χ3n) is 5.31. The Bertz CT molecular complexity index is 717. The Morgan fingerprint density at radius 3 is 2.57 bits per heavy atom. The molecule has 6 nitrogen and oxygen atoms in total. The number of halogens is 3. The van der Waals surface area contributed by atoms with Crippen molar-refractivity contribution in [2.45, 2.75) is 25.2 Å². The van der Waals surface area contributed by atoms with Crippen molar-refractivity contribution in [2.75, 3.05) is 46.3 Å². The molecule has 28 heavy (non-hydrogen) atoms. The molecule has 0 aromatic heterocycles. The molecule has 2 fully saturated rings. The van der Waals surface area contributed by atoms with Crippen LogP contribution < -0.4 is 5.32 Å². The van der Waals surface area contributed by atoms with Crippen molar-refractivity contribution in [3.63, 3.8) is 0 Å². The fraction of sp³-hybridized carbons (Fsp3) is 0.579. The molecule has 0 aliphatic carbocycles. The van der Waals surface area contributed by atoms with Gasteiger partial charge in [0.05, 0.1) is 18.0 Å². The lowest BCUT2D eigenvalue weighted by Crippen LogP contribution is -2.57. The summed E-state index contributed by atoms with van der Waals surface area (Å²) in [6.07, 6.45) is -4.37. The summed E-state index contributed by atoms with van der Waals surface area (Å²) in [6.45, 7) is 3.92. The van der Waals surface area contributed by atoms with Crippen LogP contribution in [0.4, 0.5) is 13.2 Å². The highest BCUT2D eigenvalue weighted by molar-refractivity contribution is 5.88. The molecule has 2 aliphatic rings. The normalized spacial score (nSPS) is 22.2. The predicted molar refractivity (Wildman–Crippen MR) is 97.3 cm³/mol. The average Bonchev–Trinajstić information content (AvgIpc) is 2.64. The molecular weight excluding hydrogens is 373 g/mol. The predicted octanol–water partition coefficient (Wildman–Crippen LogP) is 1.17. The minimum Gasteiger partial charge on any atom is -0.353 e. The molecule has 0 bridgehead atoms. The SMILES string of the molecule is CN1CCN(C(=O)C[C@H]2C(=O)NCCN2Cc2cccc(C(F)(F)F)c2)CC1. The summed E-state index contributed by atoms with van der Waals surface area (Å²) >= 11 is 0. The maximum atomic E-state index is 13.0. The van der Waals surface area contributed by atoms with E-state index in [1.807, 2.05) is 7.05 Å². The van der Waals surface area contributed by atoms with Crippen molar-refractivity contribution in [1.29, 1.82) is 0 Å². The van der Waals surface area contributed by atoms with Crippen LogP contribution in [0.15, 0.2) is 24.3 Å². The van der Waals surface area contributed by atoms with E-state index in [-0.39, 0.29) is 24.8 Å². The maximum absolute atomic E-state index is 13.0. The molecule has 2 aliphatic heterocycles. The molecule has 9 heteroatoms. The van der Waals surface area contributed by atoms with Crippen LogP contribution in [0.5, 0.6) is 0 Å². The van der Waals surface area contributed by atoms with E-state index in [1.165, 1.54) is 6.07 Å². The maximum Gasteiger partial charge on any atom is 0.416 e. The summed E-state index contributed by atoms with van der Waals surface area (Å²) in [5, 5.41) is 2.76. The van der Waals surface area contributed by atoms with Gasteiger partial charge < -0.3 is 15.1 Å². The molecule has 0 radical (unpaired) electrons. The van der Waals surface area contributed by atoms with Crippen LogP contribution in [0.25, 0.3) is 0 Å². The molecule has 154 valence electrons. The van der Waals surface area contributed by atoms with E-state index in [4.69, 9.17) is 0 Å². The molecular formula is C19H25F3N4O2. The van der Waals surface area contributed by atoms with E-state index in [2.05, 4.69) is 10.2 Å². The van der Waals surface area contributed by atoms with Crippen molar-refractivity contribution < 1.29 is 22.8 Å². The van der Waals surface area contributed by atoms with Crippen LogP contribution in [0.1, 0.15) is 17.5 Å². The number of amides is 2. The zero-order valence-electron chi connectivity index (χ0n) is 15.8. The largest absolute Gasteiger partial charge is 0.416 e. The lowest BCUT2D eigenvalue weighted by molar-refractivity contribution is -0.140. The number of nitrogens with one attached hydrogen (secondary N) is 1. The third kappa shape index (κ3) is 5.02. The monoisotopic (exact) mass is 398 g/mol. The number of hydrogen-bond donors (Lipinski definition) is 1. The Labute approximate surface area is 162 Å². The number of nitrogens with zero attached hydrogens (tertiary/aromatic N) is 3. The van der Waals surface area contributed by atoms with Crippen LogP contribution in [-0.4, -0.2) is 78.9 Å². The van der Waals surface area contributed by atoms with Gasteiger partial charge in [0.15, 0.2) is 0 Å². The van der Waals surface area contributed by atoms with E-state index < -0.39 is 17.8 Å². The number of hydrogen-bond acceptors (Lipinski definition) is 4. The van der Waals surface area contributed by atoms with Gasteiger partial charge in [-0.2, -0.15) is 13.2 Å². The van der Waals surface area contributed by atoms with Crippen molar-refractivity contribution in [3.05, 3.63) is 35.4 Å². The van der Waals surface area contributed by atoms with Gasteiger partial charge in [0.25, 0.3) is 0 Å². The van der Waals surface area contributed by atoms with Crippen molar-refractivity contribution in [2.24, 2.45) is 0 Å². The van der Waals surface area contributed by atoms with Crippen LogP contribution in [0.3, 0.4) is 0 Å². The Balaban J connectivity index is 1.69. The fourth-order valence-electron chi connectivity index (χ4n) is 3.60. The van der Waals surface area contributed by atoms with Gasteiger partial charge in [-0.1, -0.05) is 18.2 Å². The Morgan fingerprint density at radius 1 is 1.18 bits per heavy atom. The van der Waals surface area contributed by atoms with E-state index in [1.54, 1.807) is 15.9 Å². The average molecular weight is 398 g/mol. The highest BCUT2D eigenvalue weighted by atomic mass is 19.4. The number of rotatable bonds is 4. The first-order valence-corrected chi connectivity index (χ1v) is 9.38. The van der Waals surface area contributed by atoms with Crippen LogP contribution in [-0.2, 0) is 22.3 Å². The molecule has 1 N–H and O–H groups in total. The molecule has 2 saturated heterocycles.